The highest BCUT2D eigenvalue weighted by molar-refractivity contribution is 5.98. The minimum absolute atomic E-state index is 0.0716. The normalized spacial score (nSPS) is 22.0. The summed E-state index contributed by atoms with van der Waals surface area (Å²) in [7, 11) is 0. The van der Waals surface area contributed by atoms with E-state index in [4.69, 9.17) is 4.74 Å². The van der Waals surface area contributed by atoms with E-state index in [1.165, 1.54) is 12.1 Å². The van der Waals surface area contributed by atoms with E-state index in [0.29, 0.717) is 51.4 Å². The summed E-state index contributed by atoms with van der Waals surface area (Å²) in [5.74, 6) is -0.166. The number of ether oxygens (including phenoxy) is 1. The molecule has 0 aliphatic carbocycles. The molecule has 1 amide bonds. The smallest absolute Gasteiger partial charge is 0.224 e. The van der Waals surface area contributed by atoms with Crippen molar-refractivity contribution >= 4 is 11.7 Å². The van der Waals surface area contributed by atoms with Gasteiger partial charge in [-0.05, 0) is 43.7 Å². The molecule has 0 radical (unpaired) electrons. The Morgan fingerprint density at radius 3 is 2.56 bits per heavy atom. The zero-order valence-corrected chi connectivity index (χ0v) is 14.5. The monoisotopic (exact) mass is 348 g/mol. The van der Waals surface area contributed by atoms with Crippen LogP contribution in [0.1, 0.15) is 29.6 Å². The number of hydrogen-bond donors (Lipinski definition) is 0. The maximum absolute atomic E-state index is 13.0. The highest BCUT2D eigenvalue weighted by Crippen LogP contribution is 2.21. The van der Waals surface area contributed by atoms with Gasteiger partial charge < -0.3 is 14.5 Å². The largest absolute Gasteiger partial charge is 0.378 e. The molecule has 1 unspecified atom stereocenters. The number of halogens is 1. The molecule has 2 saturated heterocycles. The number of nitrogens with zero attached hydrogens (tertiary/aromatic N) is 2. The Bertz CT molecular complexity index is 599. The molecule has 5 nitrogen and oxygen atoms in total. The molecule has 136 valence electrons. The third-order valence-electron chi connectivity index (χ3n) is 5.01. The van der Waals surface area contributed by atoms with Crippen molar-refractivity contribution in [2.24, 2.45) is 5.92 Å². The van der Waals surface area contributed by atoms with Gasteiger partial charge in [-0.1, -0.05) is 0 Å². The molecular formula is C19H25FN2O3. The number of rotatable bonds is 5. The minimum Gasteiger partial charge on any atom is -0.378 e. The van der Waals surface area contributed by atoms with Crippen molar-refractivity contribution in [1.82, 2.24) is 9.80 Å². The Labute approximate surface area is 147 Å². The summed E-state index contributed by atoms with van der Waals surface area (Å²) in [6, 6.07) is 5.76. The van der Waals surface area contributed by atoms with Crippen LogP contribution >= 0.6 is 0 Å². The fourth-order valence-corrected chi connectivity index (χ4v) is 3.55. The van der Waals surface area contributed by atoms with Crippen molar-refractivity contribution in [3.05, 3.63) is 35.6 Å². The Morgan fingerprint density at radius 1 is 1.12 bits per heavy atom. The highest BCUT2D eigenvalue weighted by Gasteiger charge is 2.27. The van der Waals surface area contributed by atoms with Crippen LogP contribution in [0.5, 0.6) is 0 Å². The lowest BCUT2D eigenvalue weighted by molar-refractivity contribution is -0.135. The summed E-state index contributed by atoms with van der Waals surface area (Å²) < 4.78 is 18.3. The molecule has 1 aromatic carbocycles. The zero-order chi connectivity index (χ0) is 17.6. The van der Waals surface area contributed by atoms with Crippen molar-refractivity contribution in [2.45, 2.75) is 19.3 Å². The predicted octanol–water partition coefficient (Wildman–Crippen LogP) is 1.97. The van der Waals surface area contributed by atoms with Gasteiger partial charge in [0.25, 0.3) is 0 Å². The van der Waals surface area contributed by atoms with Crippen LogP contribution in [0.15, 0.2) is 24.3 Å². The summed E-state index contributed by atoms with van der Waals surface area (Å²) in [6.45, 7) is 4.85. The number of hydrogen-bond acceptors (Lipinski definition) is 4. The standard InChI is InChI=1S/C19H25FN2O3/c20-17-5-3-15(4-6-17)19(24)16-2-1-8-21(14-16)9-7-18(23)22-10-12-25-13-11-22/h3-6,16H,1-2,7-14H2. The third-order valence-corrected chi connectivity index (χ3v) is 5.01. The summed E-state index contributed by atoms with van der Waals surface area (Å²) >= 11 is 0. The average Bonchev–Trinajstić information content (AvgIpc) is 2.67. The molecule has 2 aliphatic heterocycles. The Hall–Kier alpha value is -1.79. The van der Waals surface area contributed by atoms with Crippen molar-refractivity contribution < 1.29 is 18.7 Å². The molecule has 6 heteroatoms. The van der Waals surface area contributed by atoms with E-state index < -0.39 is 0 Å². The van der Waals surface area contributed by atoms with Gasteiger partial charge in [0, 0.05) is 44.1 Å². The second-order valence-electron chi connectivity index (χ2n) is 6.75. The lowest BCUT2D eigenvalue weighted by Crippen LogP contribution is -2.44. The van der Waals surface area contributed by atoms with Gasteiger partial charge in [-0.2, -0.15) is 0 Å². The van der Waals surface area contributed by atoms with Crippen molar-refractivity contribution in [2.75, 3.05) is 45.9 Å². The number of Topliss-reactive ketones (excluding diaryl/α,β-unsaturated/α-hetero) is 1. The molecule has 0 saturated carbocycles. The predicted molar refractivity (Wildman–Crippen MR) is 91.9 cm³/mol. The first-order chi connectivity index (χ1) is 12.1. The van der Waals surface area contributed by atoms with Gasteiger partial charge in [0.15, 0.2) is 5.78 Å². The Balaban J connectivity index is 1.49. The number of carbonyl (C=O) groups is 2. The fraction of sp³-hybridized carbons (Fsp3) is 0.579. The number of morpholine rings is 1. The van der Waals surface area contributed by atoms with E-state index in [9.17, 15) is 14.0 Å². The molecule has 0 N–H and O–H groups in total. The molecule has 1 atom stereocenters. The van der Waals surface area contributed by atoms with Crippen molar-refractivity contribution in [3.63, 3.8) is 0 Å². The molecule has 3 rings (SSSR count). The molecule has 0 spiro atoms. The first-order valence-electron chi connectivity index (χ1n) is 9.01. The lowest BCUT2D eigenvalue weighted by Gasteiger charge is -2.33. The van der Waals surface area contributed by atoms with Crippen LogP contribution in [0.3, 0.4) is 0 Å². The van der Waals surface area contributed by atoms with Gasteiger partial charge in [-0.15, -0.1) is 0 Å². The van der Waals surface area contributed by atoms with Crippen molar-refractivity contribution in [1.29, 1.82) is 0 Å². The summed E-state index contributed by atoms with van der Waals surface area (Å²) in [4.78, 5) is 28.9. The first-order valence-corrected chi connectivity index (χ1v) is 9.01. The second kappa shape index (κ2) is 8.54. The van der Waals surface area contributed by atoms with E-state index >= 15 is 0 Å². The Morgan fingerprint density at radius 2 is 1.84 bits per heavy atom. The number of likely N-dealkylation sites (tertiary alicyclic amines) is 1. The number of benzene rings is 1. The van der Waals surface area contributed by atoms with E-state index in [-0.39, 0.29) is 23.4 Å². The molecule has 25 heavy (non-hydrogen) atoms. The maximum Gasteiger partial charge on any atom is 0.224 e. The van der Waals surface area contributed by atoms with Crippen LogP contribution in [-0.2, 0) is 9.53 Å². The van der Waals surface area contributed by atoms with Crippen LogP contribution in [-0.4, -0.2) is 67.4 Å². The van der Waals surface area contributed by atoms with Gasteiger partial charge in [0.1, 0.15) is 5.82 Å². The molecule has 2 fully saturated rings. The van der Waals surface area contributed by atoms with E-state index in [1.54, 1.807) is 12.1 Å². The van der Waals surface area contributed by atoms with Gasteiger partial charge in [0.2, 0.25) is 5.91 Å². The van der Waals surface area contributed by atoms with Crippen LogP contribution in [0.4, 0.5) is 4.39 Å². The molecule has 2 heterocycles. The van der Waals surface area contributed by atoms with Crippen LogP contribution in [0.25, 0.3) is 0 Å². The molecule has 0 aromatic heterocycles. The minimum atomic E-state index is -0.330. The summed E-state index contributed by atoms with van der Waals surface area (Å²) in [5, 5.41) is 0. The number of carbonyl (C=O) groups excluding carboxylic acids is 2. The van der Waals surface area contributed by atoms with E-state index in [0.717, 1.165) is 19.4 Å². The third kappa shape index (κ3) is 4.86. The molecule has 0 bridgehead atoms. The SMILES string of the molecule is O=C(c1ccc(F)cc1)C1CCCN(CCC(=O)N2CCOCC2)C1. The van der Waals surface area contributed by atoms with Gasteiger partial charge in [-0.25, -0.2) is 4.39 Å². The van der Waals surface area contributed by atoms with E-state index in [1.807, 2.05) is 4.90 Å². The maximum atomic E-state index is 13.0. The van der Waals surface area contributed by atoms with Gasteiger partial charge in [-0.3, -0.25) is 9.59 Å². The lowest BCUT2D eigenvalue weighted by atomic mass is 9.90. The number of ketones is 1. The summed E-state index contributed by atoms with van der Waals surface area (Å²) in [5.41, 5.74) is 0.567. The zero-order valence-electron chi connectivity index (χ0n) is 14.5. The molecule has 1 aromatic rings. The number of amides is 1. The molecular weight excluding hydrogens is 323 g/mol. The van der Waals surface area contributed by atoms with Crippen LogP contribution < -0.4 is 0 Å². The highest BCUT2D eigenvalue weighted by atomic mass is 19.1. The van der Waals surface area contributed by atoms with Crippen molar-refractivity contribution in [3.8, 4) is 0 Å². The molecule has 2 aliphatic rings. The fourth-order valence-electron chi connectivity index (χ4n) is 3.55. The quantitative estimate of drug-likeness (QED) is 0.764. The topological polar surface area (TPSA) is 49.9 Å². The van der Waals surface area contributed by atoms with Crippen LogP contribution in [0.2, 0.25) is 0 Å². The second-order valence-corrected chi connectivity index (χ2v) is 6.75. The van der Waals surface area contributed by atoms with Gasteiger partial charge >= 0.3 is 0 Å². The van der Waals surface area contributed by atoms with E-state index in [2.05, 4.69) is 4.90 Å². The Kier molecular flexibility index (Phi) is 6.15. The van der Waals surface area contributed by atoms with Crippen LogP contribution in [0, 0.1) is 11.7 Å². The van der Waals surface area contributed by atoms with Gasteiger partial charge in [0.05, 0.1) is 13.2 Å². The first kappa shape index (κ1) is 18.0. The average molecular weight is 348 g/mol. The number of piperidine rings is 1. The summed E-state index contributed by atoms with van der Waals surface area (Å²) in [6.07, 6.45) is 2.28.